The van der Waals surface area contributed by atoms with Crippen LogP contribution in [0.15, 0.2) is 30.3 Å². The molecule has 0 aliphatic rings. The number of benzene rings is 1. The molecule has 0 aromatic heterocycles. The molecule has 0 spiro atoms. The van der Waals surface area contributed by atoms with E-state index in [1.54, 1.807) is 22.9 Å². The van der Waals surface area contributed by atoms with Gasteiger partial charge in [-0.25, -0.2) is 4.79 Å². The van der Waals surface area contributed by atoms with Crippen molar-refractivity contribution in [3.8, 4) is 5.75 Å². The first-order chi connectivity index (χ1) is 7.03. The zero-order chi connectivity index (χ0) is 11.3. The molecule has 6 nitrogen and oxygen atoms in total. The Kier molecular flexibility index (Phi) is 3.64. The van der Waals surface area contributed by atoms with Crippen molar-refractivity contribution in [1.82, 2.24) is 4.72 Å². The molecule has 82 valence electrons. The van der Waals surface area contributed by atoms with Crippen LogP contribution in [-0.4, -0.2) is 21.6 Å². The highest BCUT2D eigenvalue weighted by atomic mass is 32.2. The second kappa shape index (κ2) is 4.76. The lowest BCUT2D eigenvalue weighted by Gasteiger charge is -2.04. The van der Waals surface area contributed by atoms with Gasteiger partial charge in [0.25, 0.3) is 0 Å². The van der Waals surface area contributed by atoms with Gasteiger partial charge in [-0.2, -0.15) is 13.1 Å². The van der Waals surface area contributed by atoms with E-state index in [1.807, 2.05) is 0 Å². The summed E-state index contributed by atoms with van der Waals surface area (Å²) in [5, 5.41) is 0. The van der Waals surface area contributed by atoms with Gasteiger partial charge in [-0.1, -0.05) is 18.2 Å². The summed E-state index contributed by atoms with van der Waals surface area (Å²) in [6, 6.07) is 8.05. The minimum atomic E-state index is -4.06. The Morgan fingerprint density at radius 2 is 1.87 bits per heavy atom. The lowest BCUT2D eigenvalue weighted by atomic mass is 10.3. The molecule has 0 aliphatic carbocycles. The summed E-state index contributed by atoms with van der Waals surface area (Å²) in [6.07, 6.45) is -1.12. The number of hydrogen-bond acceptors (Lipinski definition) is 5. The van der Waals surface area contributed by atoms with E-state index < -0.39 is 16.4 Å². The predicted molar refractivity (Wildman–Crippen MR) is 51.5 cm³/mol. The molecule has 0 saturated carbocycles. The molecule has 0 unspecified atom stereocenters. The van der Waals surface area contributed by atoms with Gasteiger partial charge in [-0.15, -0.1) is 0 Å². The third-order valence-corrected chi connectivity index (χ3v) is 2.24. The summed E-state index contributed by atoms with van der Waals surface area (Å²) < 4.78 is 31.7. The van der Waals surface area contributed by atoms with E-state index in [9.17, 15) is 13.2 Å². The van der Waals surface area contributed by atoms with Gasteiger partial charge in [-0.3, -0.25) is 4.18 Å². The molecule has 0 heterocycles. The number of hydrogen-bond donors (Lipinski definition) is 1. The third kappa shape index (κ3) is 3.96. The molecule has 1 aromatic rings. The van der Waals surface area contributed by atoms with E-state index >= 15 is 0 Å². The van der Waals surface area contributed by atoms with E-state index in [4.69, 9.17) is 0 Å². The van der Waals surface area contributed by atoms with Crippen LogP contribution < -0.4 is 9.46 Å². The van der Waals surface area contributed by atoms with Crippen molar-refractivity contribution in [2.45, 2.75) is 0 Å². The van der Waals surface area contributed by atoms with Crippen LogP contribution >= 0.6 is 0 Å². The first-order valence-corrected chi connectivity index (χ1v) is 5.29. The molecule has 1 aromatic carbocycles. The van der Waals surface area contributed by atoms with Crippen molar-refractivity contribution in [2.75, 3.05) is 7.11 Å². The minimum absolute atomic E-state index is 0.237. The topological polar surface area (TPSA) is 81.7 Å². The van der Waals surface area contributed by atoms with Crippen molar-refractivity contribution < 1.29 is 22.1 Å². The maximum Gasteiger partial charge on any atom is 0.428 e. The Hall–Kier alpha value is -1.60. The van der Waals surface area contributed by atoms with Crippen LogP contribution in [0.5, 0.6) is 5.75 Å². The molecular weight excluding hydrogens is 222 g/mol. The average Bonchev–Trinajstić information content (AvgIpc) is 2.18. The molecule has 1 amide bonds. The maximum absolute atomic E-state index is 11.0. The zero-order valence-corrected chi connectivity index (χ0v) is 8.65. The van der Waals surface area contributed by atoms with Gasteiger partial charge in [0.2, 0.25) is 0 Å². The van der Waals surface area contributed by atoms with Gasteiger partial charge in [0, 0.05) is 0 Å². The fourth-order valence-electron chi connectivity index (χ4n) is 0.760. The van der Waals surface area contributed by atoms with Gasteiger partial charge in [-0.05, 0) is 12.1 Å². The molecule has 7 heteroatoms. The summed E-state index contributed by atoms with van der Waals surface area (Å²) in [5.41, 5.74) is 0. The molecule has 0 fully saturated rings. The molecular formula is C8H9NO5S. The monoisotopic (exact) mass is 231 g/mol. The minimum Gasteiger partial charge on any atom is -0.410 e. The van der Waals surface area contributed by atoms with Crippen LogP contribution in [0, 0.1) is 0 Å². The largest absolute Gasteiger partial charge is 0.428 e. The van der Waals surface area contributed by atoms with Gasteiger partial charge < -0.3 is 4.74 Å². The van der Waals surface area contributed by atoms with Crippen LogP contribution in [0.1, 0.15) is 0 Å². The van der Waals surface area contributed by atoms with Crippen LogP contribution in [0.3, 0.4) is 0 Å². The quantitative estimate of drug-likeness (QED) is 0.826. The molecule has 0 bridgehead atoms. The molecule has 0 aliphatic heterocycles. The number of rotatable bonds is 3. The van der Waals surface area contributed by atoms with Crippen LogP contribution in [0.4, 0.5) is 4.79 Å². The second-order valence-electron chi connectivity index (χ2n) is 2.43. The van der Waals surface area contributed by atoms with Crippen molar-refractivity contribution in [2.24, 2.45) is 0 Å². The fourth-order valence-corrected chi connectivity index (χ4v) is 1.09. The Labute approximate surface area is 87.1 Å². The molecule has 0 atom stereocenters. The molecule has 1 N–H and O–H groups in total. The number of nitrogens with one attached hydrogen (secondary N) is 1. The number of amides is 1. The first-order valence-electron chi connectivity index (χ1n) is 3.89. The van der Waals surface area contributed by atoms with E-state index in [0.717, 1.165) is 7.11 Å². The highest BCUT2D eigenvalue weighted by Gasteiger charge is 2.14. The van der Waals surface area contributed by atoms with Crippen molar-refractivity contribution in [1.29, 1.82) is 0 Å². The van der Waals surface area contributed by atoms with Crippen molar-refractivity contribution in [3.63, 3.8) is 0 Å². The molecule has 0 saturated heterocycles. The van der Waals surface area contributed by atoms with Gasteiger partial charge >= 0.3 is 16.4 Å². The van der Waals surface area contributed by atoms with E-state index in [0.29, 0.717) is 0 Å². The second-order valence-corrected chi connectivity index (χ2v) is 3.87. The van der Waals surface area contributed by atoms with Gasteiger partial charge in [0.15, 0.2) is 0 Å². The maximum atomic E-state index is 11.0. The smallest absolute Gasteiger partial charge is 0.410 e. The van der Waals surface area contributed by atoms with Gasteiger partial charge in [0.1, 0.15) is 5.75 Å². The fraction of sp³-hybridized carbons (Fsp3) is 0.125. The Balaban J connectivity index is 2.58. The van der Waals surface area contributed by atoms with Crippen LogP contribution in [0.25, 0.3) is 0 Å². The zero-order valence-electron chi connectivity index (χ0n) is 7.84. The Morgan fingerprint density at radius 3 is 2.40 bits per heavy atom. The lowest BCUT2D eigenvalue weighted by molar-refractivity contribution is 0.205. The van der Waals surface area contributed by atoms with Crippen LogP contribution in [-0.2, 0) is 14.5 Å². The van der Waals surface area contributed by atoms with E-state index in [2.05, 4.69) is 8.92 Å². The standard InChI is InChI=1S/C8H9NO5S/c1-13-15(11,12)9-8(10)14-7-5-3-2-4-6-7/h2-6H,1H3,(H,9,10). The molecule has 1 rings (SSSR count). The average molecular weight is 231 g/mol. The summed E-state index contributed by atoms with van der Waals surface area (Å²) in [4.78, 5) is 11.0. The molecule has 15 heavy (non-hydrogen) atoms. The number of carbonyl (C=O) groups is 1. The normalized spacial score (nSPS) is 10.7. The van der Waals surface area contributed by atoms with E-state index in [1.165, 1.54) is 12.1 Å². The van der Waals surface area contributed by atoms with Crippen molar-refractivity contribution in [3.05, 3.63) is 30.3 Å². The van der Waals surface area contributed by atoms with E-state index in [-0.39, 0.29) is 5.75 Å². The summed E-state index contributed by atoms with van der Waals surface area (Å²) >= 11 is 0. The molecule has 0 radical (unpaired) electrons. The highest BCUT2D eigenvalue weighted by Crippen LogP contribution is 2.08. The predicted octanol–water partition coefficient (Wildman–Crippen LogP) is 0.666. The Bertz CT molecular complexity index is 428. The van der Waals surface area contributed by atoms with Crippen molar-refractivity contribution >= 4 is 16.4 Å². The summed E-state index contributed by atoms with van der Waals surface area (Å²) in [5.74, 6) is 0.237. The highest BCUT2D eigenvalue weighted by molar-refractivity contribution is 7.85. The number of carbonyl (C=O) groups excluding carboxylic acids is 1. The van der Waals surface area contributed by atoms with Gasteiger partial charge in [0.05, 0.1) is 7.11 Å². The third-order valence-electron chi connectivity index (χ3n) is 1.38. The first kappa shape index (κ1) is 11.5. The SMILES string of the molecule is COS(=O)(=O)NC(=O)Oc1ccccc1. The number of para-hydroxylation sites is 1. The van der Waals surface area contributed by atoms with Crippen LogP contribution in [0.2, 0.25) is 0 Å². The Morgan fingerprint density at radius 1 is 1.27 bits per heavy atom. The summed E-state index contributed by atoms with van der Waals surface area (Å²) in [6.45, 7) is 0. The lowest BCUT2D eigenvalue weighted by Crippen LogP contribution is -2.33. The number of ether oxygens (including phenoxy) is 1. The summed E-state index contributed by atoms with van der Waals surface area (Å²) in [7, 11) is -3.13.